The van der Waals surface area contributed by atoms with Crippen molar-refractivity contribution in [2.75, 3.05) is 26.2 Å². The Kier molecular flexibility index (Phi) is 5.76. The first-order chi connectivity index (χ1) is 12.6. The smallest absolute Gasteiger partial charge is 0.355 e. The number of rotatable bonds is 5. The Hall–Kier alpha value is -1.67. The number of aromatic nitrogens is 1. The maximum Gasteiger partial charge on any atom is 0.392 e. The molecule has 3 rings (SSSR count). The predicted octanol–water partition coefficient (Wildman–Crippen LogP) is 3.87. The second-order valence-electron chi connectivity index (χ2n) is 7.76. The Bertz CT molecular complexity index is 770. The lowest BCUT2D eigenvalue weighted by Crippen LogP contribution is -2.52. The number of thiazole rings is 1. The molecule has 0 bridgehead atoms. The number of benzene rings is 1. The van der Waals surface area contributed by atoms with E-state index in [-0.39, 0.29) is 25.4 Å². The Morgan fingerprint density at radius 3 is 2.78 bits per heavy atom. The van der Waals surface area contributed by atoms with Gasteiger partial charge in [0, 0.05) is 19.5 Å². The SMILES string of the molecule is CC1(C)CN(CC(=O)NCCc2nc3ccccc3s2)CCC1C(F)(F)F. The van der Waals surface area contributed by atoms with Crippen LogP contribution in [0.25, 0.3) is 10.2 Å². The number of nitrogens with zero attached hydrogens (tertiary/aromatic N) is 2. The molecule has 1 saturated heterocycles. The van der Waals surface area contributed by atoms with Crippen molar-refractivity contribution in [3.63, 3.8) is 0 Å². The number of nitrogens with one attached hydrogen (secondary N) is 1. The lowest BCUT2D eigenvalue weighted by atomic mass is 9.73. The number of piperidine rings is 1. The van der Waals surface area contributed by atoms with Crippen LogP contribution in [-0.2, 0) is 11.2 Å². The summed E-state index contributed by atoms with van der Waals surface area (Å²) < 4.78 is 40.5. The highest BCUT2D eigenvalue weighted by atomic mass is 32.1. The molecule has 4 nitrogen and oxygen atoms in total. The molecule has 1 aromatic carbocycles. The van der Waals surface area contributed by atoms with E-state index in [1.165, 1.54) is 0 Å². The fraction of sp³-hybridized carbons (Fsp3) is 0.579. The zero-order chi connectivity index (χ0) is 19.7. The molecule has 1 N–H and O–H groups in total. The van der Waals surface area contributed by atoms with Gasteiger partial charge in [-0.2, -0.15) is 13.2 Å². The molecule has 2 heterocycles. The fourth-order valence-corrected chi connectivity index (χ4v) is 4.77. The van der Waals surface area contributed by atoms with Crippen molar-refractivity contribution < 1.29 is 18.0 Å². The Morgan fingerprint density at radius 1 is 1.37 bits per heavy atom. The Labute approximate surface area is 160 Å². The minimum Gasteiger partial charge on any atom is -0.355 e. The minimum absolute atomic E-state index is 0.0372. The first-order valence-corrected chi connectivity index (χ1v) is 9.87. The van der Waals surface area contributed by atoms with E-state index in [1.54, 1.807) is 25.2 Å². The Morgan fingerprint density at radius 2 is 2.11 bits per heavy atom. The maximum atomic E-state index is 13.1. The third-order valence-electron chi connectivity index (χ3n) is 5.07. The fourth-order valence-electron chi connectivity index (χ4n) is 3.80. The molecule has 1 aliphatic rings. The Balaban J connectivity index is 1.45. The van der Waals surface area contributed by atoms with Crippen LogP contribution in [0, 0.1) is 11.3 Å². The van der Waals surface area contributed by atoms with E-state index >= 15 is 0 Å². The first-order valence-electron chi connectivity index (χ1n) is 9.05. The summed E-state index contributed by atoms with van der Waals surface area (Å²) in [5.74, 6) is -1.47. The van der Waals surface area contributed by atoms with Crippen LogP contribution in [0.1, 0.15) is 25.3 Å². The molecule has 27 heavy (non-hydrogen) atoms. The lowest BCUT2D eigenvalue weighted by molar-refractivity contribution is -0.216. The molecule has 148 valence electrons. The van der Waals surface area contributed by atoms with E-state index < -0.39 is 17.5 Å². The number of alkyl halides is 3. The number of hydrogen-bond donors (Lipinski definition) is 1. The number of fused-ring (bicyclic) bond motifs is 1. The zero-order valence-electron chi connectivity index (χ0n) is 15.5. The molecule has 1 amide bonds. The summed E-state index contributed by atoms with van der Waals surface area (Å²) in [7, 11) is 0. The van der Waals surface area contributed by atoms with E-state index in [0.29, 0.717) is 19.5 Å². The van der Waals surface area contributed by atoms with Gasteiger partial charge in [0.25, 0.3) is 0 Å². The van der Waals surface area contributed by atoms with Gasteiger partial charge in [0.05, 0.1) is 27.7 Å². The molecule has 2 aromatic rings. The van der Waals surface area contributed by atoms with Gasteiger partial charge in [-0.25, -0.2) is 4.98 Å². The summed E-state index contributed by atoms with van der Waals surface area (Å²) in [6.07, 6.45) is -3.50. The molecule has 1 fully saturated rings. The lowest BCUT2D eigenvalue weighted by Gasteiger charge is -2.44. The van der Waals surface area contributed by atoms with Crippen LogP contribution >= 0.6 is 11.3 Å². The highest BCUT2D eigenvalue weighted by Crippen LogP contribution is 2.44. The van der Waals surface area contributed by atoms with E-state index in [9.17, 15) is 18.0 Å². The summed E-state index contributed by atoms with van der Waals surface area (Å²) in [5.41, 5.74) is 0.0659. The van der Waals surface area contributed by atoms with Crippen molar-refractivity contribution in [1.82, 2.24) is 15.2 Å². The molecule has 0 saturated carbocycles. The van der Waals surface area contributed by atoms with Gasteiger partial charge < -0.3 is 5.32 Å². The van der Waals surface area contributed by atoms with Crippen molar-refractivity contribution in [3.8, 4) is 0 Å². The van der Waals surface area contributed by atoms with Gasteiger partial charge in [0.2, 0.25) is 5.91 Å². The number of likely N-dealkylation sites (tertiary alicyclic amines) is 1. The van der Waals surface area contributed by atoms with Crippen molar-refractivity contribution in [3.05, 3.63) is 29.3 Å². The molecule has 0 aliphatic carbocycles. The summed E-state index contributed by atoms with van der Waals surface area (Å²) in [6.45, 7) is 4.42. The molecular formula is C19H24F3N3OS. The van der Waals surface area contributed by atoms with Crippen LogP contribution in [0.3, 0.4) is 0 Å². The monoisotopic (exact) mass is 399 g/mol. The topological polar surface area (TPSA) is 45.2 Å². The van der Waals surface area contributed by atoms with Crippen LogP contribution in [0.15, 0.2) is 24.3 Å². The van der Waals surface area contributed by atoms with E-state index in [2.05, 4.69) is 10.3 Å². The number of carbonyl (C=O) groups excluding carboxylic acids is 1. The quantitative estimate of drug-likeness (QED) is 0.830. The van der Waals surface area contributed by atoms with Crippen LogP contribution in [0.5, 0.6) is 0 Å². The van der Waals surface area contributed by atoms with Gasteiger partial charge in [-0.05, 0) is 30.5 Å². The van der Waals surface area contributed by atoms with Crippen LogP contribution in [-0.4, -0.2) is 48.1 Å². The highest BCUT2D eigenvalue weighted by molar-refractivity contribution is 7.18. The summed E-state index contributed by atoms with van der Waals surface area (Å²) >= 11 is 1.61. The van der Waals surface area contributed by atoms with E-state index in [4.69, 9.17) is 0 Å². The molecule has 0 radical (unpaired) electrons. The zero-order valence-corrected chi connectivity index (χ0v) is 16.3. The summed E-state index contributed by atoms with van der Waals surface area (Å²) in [4.78, 5) is 18.5. The molecule has 1 aromatic heterocycles. The van der Waals surface area contributed by atoms with Crippen molar-refractivity contribution >= 4 is 27.5 Å². The molecule has 8 heteroatoms. The van der Waals surface area contributed by atoms with Crippen molar-refractivity contribution in [2.45, 2.75) is 32.9 Å². The first kappa shape index (κ1) is 20.1. The minimum atomic E-state index is -4.19. The standard InChI is InChI=1S/C19H24F3N3OS/c1-18(2)12-25(10-8-15(18)19(20,21)22)11-16(26)23-9-7-17-24-13-5-3-4-6-14(13)27-17/h3-6,15H,7-12H2,1-2H3,(H,23,26). The molecule has 1 atom stereocenters. The van der Waals surface area contributed by atoms with E-state index in [0.717, 1.165) is 15.2 Å². The average molecular weight is 399 g/mol. The van der Waals surface area contributed by atoms with Crippen LogP contribution in [0.2, 0.25) is 0 Å². The third kappa shape index (κ3) is 4.99. The number of carbonyl (C=O) groups is 1. The number of amides is 1. The second kappa shape index (κ2) is 7.75. The van der Waals surface area contributed by atoms with Crippen LogP contribution in [0.4, 0.5) is 13.2 Å². The van der Waals surface area contributed by atoms with Gasteiger partial charge in [0.15, 0.2) is 0 Å². The third-order valence-corrected chi connectivity index (χ3v) is 6.17. The molecule has 0 spiro atoms. The summed E-state index contributed by atoms with van der Waals surface area (Å²) in [6, 6.07) is 7.88. The van der Waals surface area contributed by atoms with E-state index in [1.807, 2.05) is 29.2 Å². The van der Waals surface area contributed by atoms with Gasteiger partial charge in [-0.15, -0.1) is 11.3 Å². The summed E-state index contributed by atoms with van der Waals surface area (Å²) in [5, 5.41) is 3.82. The van der Waals surface area contributed by atoms with Gasteiger partial charge in [0.1, 0.15) is 0 Å². The number of hydrogen-bond acceptors (Lipinski definition) is 4. The maximum absolute atomic E-state index is 13.1. The van der Waals surface area contributed by atoms with Crippen molar-refractivity contribution in [2.24, 2.45) is 11.3 Å². The number of para-hydroxylation sites is 1. The van der Waals surface area contributed by atoms with Crippen LogP contribution < -0.4 is 5.32 Å². The highest BCUT2D eigenvalue weighted by Gasteiger charge is 2.51. The second-order valence-corrected chi connectivity index (χ2v) is 8.87. The number of halogens is 3. The largest absolute Gasteiger partial charge is 0.392 e. The van der Waals surface area contributed by atoms with Gasteiger partial charge in [-0.3, -0.25) is 9.69 Å². The van der Waals surface area contributed by atoms with Crippen molar-refractivity contribution in [1.29, 1.82) is 0 Å². The molecular weight excluding hydrogens is 375 g/mol. The predicted molar refractivity (Wildman–Crippen MR) is 101 cm³/mol. The molecule has 1 unspecified atom stereocenters. The molecule has 1 aliphatic heterocycles. The van der Waals surface area contributed by atoms with Gasteiger partial charge >= 0.3 is 6.18 Å². The average Bonchev–Trinajstić information content (AvgIpc) is 2.95. The normalized spacial score (nSPS) is 20.7. The van der Waals surface area contributed by atoms with Gasteiger partial charge in [-0.1, -0.05) is 26.0 Å².